The molecule has 4 nitrogen and oxygen atoms in total. The summed E-state index contributed by atoms with van der Waals surface area (Å²) in [5.74, 6) is 0. The quantitative estimate of drug-likeness (QED) is 0.843. The van der Waals surface area contributed by atoms with E-state index in [1.165, 1.54) is 0 Å². The second-order valence-corrected chi connectivity index (χ2v) is 5.07. The summed E-state index contributed by atoms with van der Waals surface area (Å²) in [6.07, 6.45) is 5.27. The summed E-state index contributed by atoms with van der Waals surface area (Å²) < 4.78 is 2.06. The van der Waals surface area contributed by atoms with Crippen LogP contribution in [-0.2, 0) is 6.54 Å². The number of nitrogens with one attached hydrogen (secondary N) is 1. The number of fused-ring (bicyclic) bond motifs is 1. The third-order valence-corrected chi connectivity index (χ3v) is 3.05. The Kier molecular flexibility index (Phi) is 4.33. The Morgan fingerprint density at radius 3 is 2.94 bits per heavy atom. The summed E-state index contributed by atoms with van der Waals surface area (Å²) in [6.45, 7) is 4.16. The standard InChI is InChI=1S/C14H22N4/c1-12(7-9-17(2)3)15-10-13-11-18-8-5-4-6-14(18)16-13/h4-6,8,11-12,15H,7,9-10H2,1-3H3. The van der Waals surface area contributed by atoms with E-state index in [0.29, 0.717) is 6.04 Å². The van der Waals surface area contributed by atoms with Gasteiger partial charge in [0.15, 0.2) is 0 Å². The zero-order valence-corrected chi connectivity index (χ0v) is 11.4. The van der Waals surface area contributed by atoms with Gasteiger partial charge in [-0.15, -0.1) is 0 Å². The highest BCUT2D eigenvalue weighted by atomic mass is 15.1. The van der Waals surface area contributed by atoms with Crippen molar-refractivity contribution in [3.8, 4) is 0 Å². The zero-order valence-electron chi connectivity index (χ0n) is 11.4. The fraction of sp³-hybridized carbons (Fsp3) is 0.500. The van der Waals surface area contributed by atoms with Crippen molar-refractivity contribution in [3.05, 3.63) is 36.3 Å². The van der Waals surface area contributed by atoms with E-state index in [9.17, 15) is 0 Å². The lowest BCUT2D eigenvalue weighted by Crippen LogP contribution is -2.29. The van der Waals surface area contributed by atoms with Crippen LogP contribution in [0.3, 0.4) is 0 Å². The number of imidazole rings is 1. The fourth-order valence-electron chi connectivity index (χ4n) is 1.91. The third kappa shape index (κ3) is 3.55. The minimum atomic E-state index is 0.511. The fourth-order valence-corrected chi connectivity index (χ4v) is 1.91. The molecule has 18 heavy (non-hydrogen) atoms. The van der Waals surface area contributed by atoms with Gasteiger partial charge in [0, 0.05) is 25.0 Å². The van der Waals surface area contributed by atoms with Gasteiger partial charge in [-0.05, 0) is 46.1 Å². The van der Waals surface area contributed by atoms with Crippen molar-refractivity contribution in [3.63, 3.8) is 0 Å². The highest BCUT2D eigenvalue weighted by molar-refractivity contribution is 5.39. The molecular formula is C14H22N4. The van der Waals surface area contributed by atoms with Gasteiger partial charge in [0.05, 0.1) is 5.69 Å². The summed E-state index contributed by atoms with van der Waals surface area (Å²) in [4.78, 5) is 6.78. The molecule has 0 aliphatic rings. The van der Waals surface area contributed by atoms with Crippen LogP contribution in [0.2, 0.25) is 0 Å². The molecule has 1 atom stereocenters. The van der Waals surface area contributed by atoms with Crippen molar-refractivity contribution in [2.45, 2.75) is 25.9 Å². The second kappa shape index (κ2) is 5.98. The third-order valence-electron chi connectivity index (χ3n) is 3.05. The summed E-state index contributed by atoms with van der Waals surface area (Å²) >= 11 is 0. The second-order valence-electron chi connectivity index (χ2n) is 5.07. The molecule has 0 aliphatic heterocycles. The summed E-state index contributed by atoms with van der Waals surface area (Å²) in [6, 6.07) is 6.57. The van der Waals surface area contributed by atoms with Crippen LogP contribution in [0.25, 0.3) is 5.65 Å². The van der Waals surface area contributed by atoms with E-state index < -0.39 is 0 Å². The summed E-state index contributed by atoms with van der Waals surface area (Å²) in [5.41, 5.74) is 2.10. The summed E-state index contributed by atoms with van der Waals surface area (Å²) in [7, 11) is 4.21. The Hall–Kier alpha value is -1.39. The monoisotopic (exact) mass is 246 g/mol. The average molecular weight is 246 g/mol. The van der Waals surface area contributed by atoms with E-state index in [4.69, 9.17) is 0 Å². The minimum Gasteiger partial charge on any atom is -0.309 e. The Morgan fingerprint density at radius 2 is 2.22 bits per heavy atom. The van der Waals surface area contributed by atoms with Crippen LogP contribution in [0.4, 0.5) is 0 Å². The van der Waals surface area contributed by atoms with Crippen molar-refractivity contribution in [2.24, 2.45) is 0 Å². The Labute approximate surface area is 109 Å². The lowest BCUT2D eigenvalue weighted by molar-refractivity contribution is 0.365. The molecule has 2 rings (SSSR count). The largest absolute Gasteiger partial charge is 0.309 e. The van der Waals surface area contributed by atoms with E-state index in [0.717, 1.165) is 30.9 Å². The van der Waals surface area contributed by atoms with Crippen LogP contribution >= 0.6 is 0 Å². The molecule has 0 saturated carbocycles. The first-order valence-electron chi connectivity index (χ1n) is 6.46. The number of rotatable bonds is 6. The normalized spacial score (nSPS) is 13.3. The van der Waals surface area contributed by atoms with Crippen molar-refractivity contribution in [2.75, 3.05) is 20.6 Å². The molecule has 0 aliphatic carbocycles. The van der Waals surface area contributed by atoms with Crippen molar-refractivity contribution >= 4 is 5.65 Å². The molecule has 0 radical (unpaired) electrons. The number of aromatic nitrogens is 2. The lowest BCUT2D eigenvalue weighted by atomic mass is 10.2. The molecular weight excluding hydrogens is 224 g/mol. The van der Waals surface area contributed by atoms with E-state index >= 15 is 0 Å². The molecule has 0 saturated heterocycles. The molecule has 98 valence electrons. The number of nitrogens with zero attached hydrogens (tertiary/aromatic N) is 3. The topological polar surface area (TPSA) is 32.6 Å². The number of hydrogen-bond donors (Lipinski definition) is 1. The highest BCUT2D eigenvalue weighted by Crippen LogP contribution is 2.04. The minimum absolute atomic E-state index is 0.511. The van der Waals surface area contributed by atoms with E-state index in [1.807, 2.05) is 24.4 Å². The van der Waals surface area contributed by atoms with Gasteiger partial charge < -0.3 is 14.6 Å². The van der Waals surface area contributed by atoms with Crippen molar-refractivity contribution < 1.29 is 0 Å². The van der Waals surface area contributed by atoms with Gasteiger partial charge in [-0.2, -0.15) is 0 Å². The number of hydrogen-bond acceptors (Lipinski definition) is 3. The SMILES string of the molecule is CC(CCN(C)C)NCc1cn2ccccc2n1. The van der Waals surface area contributed by atoms with Crippen LogP contribution in [0, 0.1) is 0 Å². The zero-order chi connectivity index (χ0) is 13.0. The predicted molar refractivity (Wildman–Crippen MR) is 74.7 cm³/mol. The van der Waals surface area contributed by atoms with Crippen LogP contribution in [0.15, 0.2) is 30.6 Å². The van der Waals surface area contributed by atoms with Gasteiger partial charge in [-0.1, -0.05) is 6.07 Å². The average Bonchev–Trinajstić information content (AvgIpc) is 2.76. The molecule has 2 aromatic rings. The molecule has 0 amide bonds. The van der Waals surface area contributed by atoms with Gasteiger partial charge in [0.2, 0.25) is 0 Å². The maximum atomic E-state index is 4.57. The van der Waals surface area contributed by atoms with Crippen LogP contribution in [-0.4, -0.2) is 41.0 Å². The van der Waals surface area contributed by atoms with Crippen molar-refractivity contribution in [1.82, 2.24) is 19.6 Å². The van der Waals surface area contributed by atoms with Crippen molar-refractivity contribution in [1.29, 1.82) is 0 Å². The molecule has 1 N–H and O–H groups in total. The molecule has 0 bridgehead atoms. The number of pyridine rings is 1. The van der Waals surface area contributed by atoms with Gasteiger partial charge in [0.25, 0.3) is 0 Å². The Bertz CT molecular complexity index is 456. The van der Waals surface area contributed by atoms with Gasteiger partial charge in [0.1, 0.15) is 5.65 Å². The molecule has 1 unspecified atom stereocenters. The molecule has 0 spiro atoms. The predicted octanol–water partition coefficient (Wildman–Crippen LogP) is 1.76. The highest BCUT2D eigenvalue weighted by Gasteiger charge is 2.04. The van der Waals surface area contributed by atoms with Crippen LogP contribution < -0.4 is 5.32 Å². The first kappa shape index (κ1) is 13.1. The molecule has 2 aromatic heterocycles. The Morgan fingerprint density at radius 1 is 1.39 bits per heavy atom. The van der Waals surface area contributed by atoms with E-state index in [-0.39, 0.29) is 0 Å². The Balaban J connectivity index is 1.86. The molecule has 0 fully saturated rings. The van der Waals surface area contributed by atoms with Gasteiger partial charge in [-0.3, -0.25) is 0 Å². The smallest absolute Gasteiger partial charge is 0.137 e. The summed E-state index contributed by atoms with van der Waals surface area (Å²) in [5, 5.41) is 3.51. The van der Waals surface area contributed by atoms with Crippen LogP contribution in [0.5, 0.6) is 0 Å². The maximum Gasteiger partial charge on any atom is 0.137 e. The first-order chi connectivity index (χ1) is 8.65. The molecule has 4 heteroatoms. The van der Waals surface area contributed by atoms with Crippen LogP contribution in [0.1, 0.15) is 19.0 Å². The lowest BCUT2D eigenvalue weighted by Gasteiger charge is -2.15. The van der Waals surface area contributed by atoms with Gasteiger partial charge >= 0.3 is 0 Å². The van der Waals surface area contributed by atoms with E-state index in [2.05, 4.69) is 46.8 Å². The maximum absolute atomic E-state index is 4.57. The molecule has 0 aromatic carbocycles. The van der Waals surface area contributed by atoms with Gasteiger partial charge in [-0.25, -0.2) is 4.98 Å². The molecule has 2 heterocycles. The first-order valence-corrected chi connectivity index (χ1v) is 6.46. The van der Waals surface area contributed by atoms with E-state index in [1.54, 1.807) is 0 Å².